The third kappa shape index (κ3) is 4.19. The lowest BCUT2D eigenvalue weighted by molar-refractivity contribution is -0.0325. The van der Waals surface area contributed by atoms with E-state index in [1.807, 2.05) is 0 Å². The molecule has 0 N–H and O–H groups in total. The molecule has 0 amide bonds. The van der Waals surface area contributed by atoms with Gasteiger partial charge in [0.15, 0.2) is 0 Å². The Bertz CT molecular complexity index is 494. The van der Waals surface area contributed by atoms with E-state index in [4.69, 9.17) is 16.3 Å². The van der Waals surface area contributed by atoms with E-state index in [1.165, 1.54) is 38.4 Å². The van der Waals surface area contributed by atoms with Gasteiger partial charge >= 0.3 is 0 Å². The number of benzene rings is 1. The zero-order valence-corrected chi connectivity index (χ0v) is 13.7. The molecule has 122 valence electrons. The van der Waals surface area contributed by atoms with Gasteiger partial charge in [-0.1, -0.05) is 24.1 Å². The highest BCUT2D eigenvalue weighted by atomic mass is 35.5. The number of morpholine rings is 1. The maximum Gasteiger partial charge on any atom is 0.141 e. The highest BCUT2D eigenvalue weighted by Gasteiger charge is 2.23. The first kappa shape index (κ1) is 16.2. The summed E-state index contributed by atoms with van der Waals surface area (Å²) in [7, 11) is 0. The molecule has 22 heavy (non-hydrogen) atoms. The maximum absolute atomic E-state index is 13.3. The van der Waals surface area contributed by atoms with Gasteiger partial charge in [0.2, 0.25) is 0 Å². The molecule has 2 aliphatic heterocycles. The number of ether oxygens (including phenoxy) is 1. The quantitative estimate of drug-likeness (QED) is 0.844. The Hall–Kier alpha value is -0.680. The second-order valence-corrected chi connectivity index (χ2v) is 6.64. The lowest BCUT2D eigenvalue weighted by Gasteiger charge is -2.35. The smallest absolute Gasteiger partial charge is 0.141 e. The van der Waals surface area contributed by atoms with E-state index in [0.29, 0.717) is 0 Å². The molecule has 0 aromatic heterocycles. The van der Waals surface area contributed by atoms with Crippen molar-refractivity contribution >= 4 is 11.6 Å². The average molecular weight is 327 g/mol. The Labute approximate surface area is 137 Å². The molecule has 3 rings (SSSR count). The first-order valence-corrected chi connectivity index (χ1v) is 8.61. The van der Waals surface area contributed by atoms with Gasteiger partial charge in [-0.2, -0.15) is 0 Å². The van der Waals surface area contributed by atoms with E-state index in [-0.39, 0.29) is 16.9 Å². The normalized spacial score (nSPS) is 24.5. The molecular formula is C17H24ClFN2O. The van der Waals surface area contributed by atoms with E-state index in [9.17, 15) is 4.39 Å². The molecule has 1 aromatic carbocycles. The highest BCUT2D eigenvalue weighted by molar-refractivity contribution is 6.30. The Kier molecular flexibility index (Phi) is 5.69. The van der Waals surface area contributed by atoms with Crippen LogP contribution in [0.2, 0.25) is 5.02 Å². The molecule has 0 aliphatic carbocycles. The molecule has 1 aromatic rings. The molecule has 0 saturated carbocycles. The summed E-state index contributed by atoms with van der Waals surface area (Å²) in [5.74, 6) is -0.372. The molecule has 1 atom stereocenters. The molecule has 1 unspecified atom stereocenters. The van der Waals surface area contributed by atoms with E-state index in [0.717, 1.165) is 38.3 Å². The molecule has 3 nitrogen and oxygen atoms in total. The minimum atomic E-state index is -0.372. The standard InChI is InChI=1S/C17H24ClFN2O/c18-15-12-14(4-5-16(15)19)17-13-21(10-11-22-17)9-8-20-6-2-1-3-7-20/h4-5,12,17H,1-3,6-11,13H2. The van der Waals surface area contributed by atoms with E-state index >= 15 is 0 Å². The molecule has 0 bridgehead atoms. The molecule has 5 heteroatoms. The van der Waals surface area contributed by atoms with Crippen LogP contribution in [0, 0.1) is 5.82 Å². The summed E-state index contributed by atoms with van der Waals surface area (Å²) >= 11 is 5.88. The summed E-state index contributed by atoms with van der Waals surface area (Å²) < 4.78 is 19.1. The summed E-state index contributed by atoms with van der Waals surface area (Å²) in [4.78, 5) is 5.00. The fourth-order valence-electron chi connectivity index (χ4n) is 3.29. The van der Waals surface area contributed by atoms with Crippen molar-refractivity contribution in [1.82, 2.24) is 9.80 Å². The Morgan fingerprint density at radius 3 is 2.64 bits per heavy atom. The maximum atomic E-state index is 13.3. The number of halogens is 2. The Balaban J connectivity index is 1.53. The monoisotopic (exact) mass is 326 g/mol. The van der Waals surface area contributed by atoms with Gasteiger partial charge in [0.05, 0.1) is 17.7 Å². The molecule has 0 spiro atoms. The van der Waals surface area contributed by atoms with Gasteiger partial charge in [-0.05, 0) is 43.6 Å². The summed E-state index contributed by atoms with van der Waals surface area (Å²) in [6.07, 6.45) is 4.04. The van der Waals surface area contributed by atoms with Gasteiger partial charge in [0, 0.05) is 26.2 Å². The van der Waals surface area contributed by atoms with Gasteiger partial charge in [-0.3, -0.25) is 4.90 Å². The average Bonchev–Trinajstić information content (AvgIpc) is 2.57. The molecular weight excluding hydrogens is 303 g/mol. The minimum absolute atomic E-state index is 0.00629. The van der Waals surface area contributed by atoms with Crippen LogP contribution in [0.3, 0.4) is 0 Å². The van der Waals surface area contributed by atoms with Gasteiger partial charge in [-0.15, -0.1) is 0 Å². The lowest BCUT2D eigenvalue weighted by Crippen LogP contribution is -2.43. The fourth-order valence-corrected chi connectivity index (χ4v) is 3.47. The van der Waals surface area contributed by atoms with E-state index < -0.39 is 0 Å². The number of nitrogens with zero attached hydrogens (tertiary/aromatic N) is 2. The van der Waals surface area contributed by atoms with Crippen LogP contribution in [0.4, 0.5) is 4.39 Å². The topological polar surface area (TPSA) is 15.7 Å². The molecule has 2 saturated heterocycles. The van der Waals surface area contributed by atoms with Gasteiger partial charge < -0.3 is 9.64 Å². The van der Waals surface area contributed by atoms with Gasteiger partial charge in [0.25, 0.3) is 0 Å². The van der Waals surface area contributed by atoms with Crippen molar-refractivity contribution in [2.75, 3.05) is 45.9 Å². The van der Waals surface area contributed by atoms with Crippen molar-refractivity contribution < 1.29 is 9.13 Å². The summed E-state index contributed by atoms with van der Waals surface area (Å²) in [5, 5.41) is 0.173. The van der Waals surface area contributed by atoms with Crippen LogP contribution in [0.15, 0.2) is 18.2 Å². The van der Waals surface area contributed by atoms with Crippen molar-refractivity contribution in [3.8, 4) is 0 Å². The van der Waals surface area contributed by atoms with E-state index in [1.54, 1.807) is 12.1 Å². The van der Waals surface area contributed by atoms with Crippen LogP contribution >= 0.6 is 11.6 Å². The van der Waals surface area contributed by atoms with Crippen LogP contribution in [0.1, 0.15) is 30.9 Å². The number of piperidine rings is 1. The summed E-state index contributed by atoms with van der Waals surface area (Å²) in [6, 6.07) is 4.89. The lowest BCUT2D eigenvalue weighted by atomic mass is 10.1. The van der Waals surface area contributed by atoms with Crippen LogP contribution in [-0.4, -0.2) is 55.7 Å². The largest absolute Gasteiger partial charge is 0.371 e. The fraction of sp³-hybridized carbons (Fsp3) is 0.647. The van der Waals surface area contributed by atoms with Crippen molar-refractivity contribution in [2.24, 2.45) is 0 Å². The SMILES string of the molecule is Fc1ccc(C2CN(CCN3CCCCC3)CCO2)cc1Cl. The first-order chi connectivity index (χ1) is 10.7. The number of hydrogen-bond donors (Lipinski definition) is 0. The Morgan fingerprint density at radius 2 is 1.86 bits per heavy atom. The molecule has 2 aliphatic rings. The van der Waals surface area contributed by atoms with Crippen LogP contribution in [0.5, 0.6) is 0 Å². The summed E-state index contributed by atoms with van der Waals surface area (Å²) in [6.45, 7) is 7.24. The van der Waals surface area contributed by atoms with E-state index in [2.05, 4.69) is 9.80 Å². The van der Waals surface area contributed by atoms with Gasteiger partial charge in [0.1, 0.15) is 5.82 Å². The van der Waals surface area contributed by atoms with Crippen molar-refractivity contribution in [2.45, 2.75) is 25.4 Å². The molecule has 2 heterocycles. The molecule has 2 fully saturated rings. The predicted octanol–water partition coefficient (Wildman–Crippen LogP) is 3.34. The van der Waals surface area contributed by atoms with Crippen LogP contribution in [0.25, 0.3) is 0 Å². The number of hydrogen-bond acceptors (Lipinski definition) is 3. The third-order valence-corrected chi connectivity index (χ3v) is 4.94. The predicted molar refractivity (Wildman–Crippen MR) is 86.8 cm³/mol. The number of likely N-dealkylation sites (tertiary alicyclic amines) is 1. The second-order valence-electron chi connectivity index (χ2n) is 6.24. The van der Waals surface area contributed by atoms with Gasteiger partial charge in [-0.25, -0.2) is 4.39 Å². The zero-order chi connectivity index (χ0) is 15.4. The van der Waals surface area contributed by atoms with Crippen molar-refractivity contribution in [1.29, 1.82) is 0 Å². The third-order valence-electron chi connectivity index (χ3n) is 4.65. The first-order valence-electron chi connectivity index (χ1n) is 8.23. The summed E-state index contributed by atoms with van der Waals surface area (Å²) in [5.41, 5.74) is 0.967. The van der Waals surface area contributed by atoms with Crippen molar-refractivity contribution in [3.63, 3.8) is 0 Å². The molecule has 0 radical (unpaired) electrons. The number of rotatable bonds is 4. The Morgan fingerprint density at radius 1 is 1.09 bits per heavy atom. The van der Waals surface area contributed by atoms with Crippen LogP contribution in [-0.2, 0) is 4.74 Å². The van der Waals surface area contributed by atoms with Crippen LogP contribution < -0.4 is 0 Å². The second kappa shape index (κ2) is 7.73. The highest BCUT2D eigenvalue weighted by Crippen LogP contribution is 2.26. The minimum Gasteiger partial charge on any atom is -0.371 e. The van der Waals surface area contributed by atoms with Crippen molar-refractivity contribution in [3.05, 3.63) is 34.6 Å². The zero-order valence-electron chi connectivity index (χ0n) is 12.9.